The van der Waals surface area contributed by atoms with Gasteiger partial charge in [-0.15, -0.1) is 0 Å². The third-order valence-electron chi connectivity index (χ3n) is 8.71. The predicted octanol–water partition coefficient (Wildman–Crippen LogP) is 7.40. The molecule has 2 aliphatic carbocycles. The Bertz CT molecular complexity index is 1480. The van der Waals surface area contributed by atoms with Crippen LogP contribution in [0.2, 0.25) is 0 Å². The van der Waals surface area contributed by atoms with E-state index in [1.165, 1.54) is 0 Å². The number of amides is 1. The van der Waals surface area contributed by atoms with E-state index in [0.29, 0.717) is 23.1 Å². The molecular formula is C34H39BrN2O4. The van der Waals surface area contributed by atoms with Gasteiger partial charge in [0.2, 0.25) is 0 Å². The fourth-order valence-electron chi connectivity index (χ4n) is 6.53. The molecule has 2 aromatic carbocycles. The number of benzene rings is 2. The van der Waals surface area contributed by atoms with Gasteiger partial charge in [0.25, 0.3) is 5.91 Å². The first kappa shape index (κ1) is 29.3. The second-order valence-corrected chi connectivity index (χ2v) is 14.2. The van der Waals surface area contributed by atoms with Crippen LogP contribution in [0.3, 0.4) is 0 Å². The Morgan fingerprint density at radius 2 is 1.54 bits per heavy atom. The van der Waals surface area contributed by atoms with Gasteiger partial charge in [-0.05, 0) is 88.3 Å². The second kappa shape index (κ2) is 10.6. The molecule has 0 saturated carbocycles. The number of anilines is 1. The molecule has 1 heterocycles. The lowest BCUT2D eigenvalue weighted by Crippen LogP contribution is -2.43. The number of nitrogens with one attached hydrogen (secondary N) is 1. The Balaban J connectivity index is 1.46. The smallest absolute Gasteiger partial charge is 0.262 e. The van der Waals surface area contributed by atoms with Crippen LogP contribution >= 0.6 is 15.9 Å². The van der Waals surface area contributed by atoms with Gasteiger partial charge >= 0.3 is 0 Å². The number of Topliss-reactive ketones (excluding diaryl/α,β-unsaturated/α-hetero) is 2. The number of hydrogen-bond donors (Lipinski definition) is 1. The fourth-order valence-corrected chi connectivity index (χ4v) is 7.04. The lowest BCUT2D eigenvalue weighted by atomic mass is 9.64. The highest BCUT2D eigenvalue weighted by Gasteiger charge is 2.48. The first-order chi connectivity index (χ1) is 19.2. The minimum Gasteiger partial charge on any atom is -0.483 e. The van der Waals surface area contributed by atoms with E-state index in [1.54, 1.807) is 0 Å². The van der Waals surface area contributed by atoms with E-state index in [2.05, 4.69) is 53.8 Å². The standard InChI is InChI=1S/C34H39BrN2O4/c1-19-9-8-10-23(20(19)2)36-29(40)18-41-28-12-11-21(13-22(28)35)30-31-24(14-33(3,4)16-26(31)38)37(7)25-15-34(5,6)17-27(39)32(25)30/h8-13,30H,14-18H2,1-7H3,(H,36,40). The van der Waals surface area contributed by atoms with E-state index in [-0.39, 0.29) is 34.9 Å². The van der Waals surface area contributed by atoms with Crippen molar-refractivity contribution in [1.82, 2.24) is 4.90 Å². The summed E-state index contributed by atoms with van der Waals surface area (Å²) in [6.45, 7) is 12.4. The van der Waals surface area contributed by atoms with Crippen LogP contribution in [0, 0.1) is 24.7 Å². The zero-order chi connectivity index (χ0) is 29.9. The zero-order valence-corrected chi connectivity index (χ0v) is 26.6. The Kier molecular flexibility index (Phi) is 7.56. The highest BCUT2D eigenvalue weighted by atomic mass is 79.9. The lowest BCUT2D eigenvalue weighted by molar-refractivity contribution is -0.120. The molecule has 5 rings (SSSR count). The third kappa shape index (κ3) is 5.66. The molecule has 1 aliphatic heterocycles. The number of aryl methyl sites for hydroxylation is 1. The number of carbonyl (C=O) groups is 3. The molecule has 6 nitrogen and oxygen atoms in total. The summed E-state index contributed by atoms with van der Waals surface area (Å²) in [6, 6.07) is 11.5. The van der Waals surface area contributed by atoms with E-state index in [4.69, 9.17) is 4.74 Å². The van der Waals surface area contributed by atoms with Gasteiger partial charge in [-0.2, -0.15) is 0 Å². The van der Waals surface area contributed by atoms with Crippen LogP contribution in [0.5, 0.6) is 5.75 Å². The Labute approximate surface area is 251 Å². The molecule has 1 amide bonds. The number of nitrogens with zero attached hydrogens (tertiary/aromatic N) is 1. The van der Waals surface area contributed by atoms with E-state index in [0.717, 1.165) is 57.8 Å². The van der Waals surface area contributed by atoms with Gasteiger partial charge < -0.3 is 15.0 Å². The summed E-state index contributed by atoms with van der Waals surface area (Å²) in [7, 11) is 2.01. The highest BCUT2D eigenvalue weighted by Crippen LogP contribution is 2.54. The zero-order valence-electron chi connectivity index (χ0n) is 25.0. The fraction of sp³-hybridized carbons (Fsp3) is 0.441. The maximum atomic E-state index is 13.7. The average Bonchev–Trinajstić information content (AvgIpc) is 2.86. The van der Waals surface area contributed by atoms with E-state index < -0.39 is 5.92 Å². The summed E-state index contributed by atoms with van der Waals surface area (Å²) in [5, 5.41) is 2.92. The van der Waals surface area contributed by atoms with Gasteiger partial charge in [0.15, 0.2) is 18.2 Å². The van der Waals surface area contributed by atoms with Gasteiger partial charge in [0, 0.05) is 54.0 Å². The first-order valence-electron chi connectivity index (χ1n) is 14.2. The van der Waals surface area contributed by atoms with Crippen molar-refractivity contribution in [2.75, 3.05) is 19.0 Å². The number of allylic oxidation sites excluding steroid dienone is 4. The summed E-state index contributed by atoms with van der Waals surface area (Å²) in [5.74, 6) is 0.0730. The monoisotopic (exact) mass is 618 g/mol. The van der Waals surface area contributed by atoms with Crippen molar-refractivity contribution in [3.8, 4) is 5.75 Å². The molecule has 0 aromatic heterocycles. The van der Waals surface area contributed by atoms with Crippen molar-refractivity contribution in [1.29, 1.82) is 0 Å². The molecule has 3 aliphatic rings. The van der Waals surface area contributed by atoms with Crippen LogP contribution in [0.1, 0.15) is 76.0 Å². The maximum Gasteiger partial charge on any atom is 0.262 e. The van der Waals surface area contributed by atoms with Crippen molar-refractivity contribution in [3.63, 3.8) is 0 Å². The molecule has 0 bridgehead atoms. The molecule has 0 fully saturated rings. The number of halogens is 1. The minimum atomic E-state index is -0.415. The van der Waals surface area contributed by atoms with Gasteiger partial charge in [0.1, 0.15) is 5.75 Å². The Hall–Kier alpha value is -3.19. The quantitative estimate of drug-likeness (QED) is 0.378. The minimum absolute atomic E-state index is 0.108. The van der Waals surface area contributed by atoms with E-state index >= 15 is 0 Å². The lowest BCUT2D eigenvalue weighted by Gasteiger charge is -2.47. The highest BCUT2D eigenvalue weighted by molar-refractivity contribution is 9.10. The summed E-state index contributed by atoms with van der Waals surface area (Å²) < 4.78 is 6.56. The second-order valence-electron chi connectivity index (χ2n) is 13.4. The van der Waals surface area contributed by atoms with Crippen molar-refractivity contribution in [2.24, 2.45) is 10.8 Å². The molecule has 7 heteroatoms. The van der Waals surface area contributed by atoms with Gasteiger partial charge in [-0.1, -0.05) is 45.9 Å². The number of ether oxygens (including phenoxy) is 1. The van der Waals surface area contributed by atoms with Crippen molar-refractivity contribution in [2.45, 2.75) is 73.1 Å². The molecule has 2 aromatic rings. The number of hydrogen-bond acceptors (Lipinski definition) is 5. The van der Waals surface area contributed by atoms with Crippen LogP contribution in [0.25, 0.3) is 0 Å². The van der Waals surface area contributed by atoms with Gasteiger partial charge in [-0.25, -0.2) is 0 Å². The molecule has 41 heavy (non-hydrogen) atoms. The predicted molar refractivity (Wildman–Crippen MR) is 165 cm³/mol. The van der Waals surface area contributed by atoms with Crippen molar-refractivity contribution >= 4 is 39.1 Å². The van der Waals surface area contributed by atoms with Crippen LogP contribution in [0.15, 0.2) is 63.4 Å². The first-order valence-corrected chi connectivity index (χ1v) is 15.0. The molecule has 1 N–H and O–H groups in total. The summed E-state index contributed by atoms with van der Waals surface area (Å²) in [4.78, 5) is 42.2. The Morgan fingerprint density at radius 3 is 2.10 bits per heavy atom. The number of ketones is 2. The molecule has 0 radical (unpaired) electrons. The van der Waals surface area contributed by atoms with Crippen molar-refractivity contribution < 1.29 is 19.1 Å². The van der Waals surface area contributed by atoms with Crippen LogP contribution in [-0.4, -0.2) is 36.0 Å². The van der Waals surface area contributed by atoms with Crippen LogP contribution in [0.4, 0.5) is 5.69 Å². The number of rotatable bonds is 5. The number of carbonyl (C=O) groups excluding carboxylic acids is 3. The SMILES string of the molecule is Cc1cccc(NC(=O)COc2ccc(C3C4=C(CC(C)(C)CC4=O)N(C)C4=C3C(=O)CC(C)(C)C4)cc2Br)c1C. The average molecular weight is 620 g/mol. The molecule has 0 saturated heterocycles. The largest absolute Gasteiger partial charge is 0.483 e. The normalized spacial score (nSPS) is 20.1. The Morgan fingerprint density at radius 1 is 0.951 bits per heavy atom. The van der Waals surface area contributed by atoms with E-state index in [9.17, 15) is 14.4 Å². The molecule has 216 valence electrons. The summed E-state index contributed by atoms with van der Waals surface area (Å²) in [6.07, 6.45) is 2.47. The van der Waals surface area contributed by atoms with Gasteiger partial charge in [-0.3, -0.25) is 14.4 Å². The van der Waals surface area contributed by atoms with Crippen LogP contribution in [-0.2, 0) is 14.4 Å². The van der Waals surface area contributed by atoms with E-state index in [1.807, 2.05) is 57.3 Å². The van der Waals surface area contributed by atoms with Gasteiger partial charge in [0.05, 0.1) is 4.47 Å². The molecule has 0 atom stereocenters. The molecule has 0 spiro atoms. The summed E-state index contributed by atoms with van der Waals surface area (Å²) in [5.41, 5.74) is 7.02. The molecular weight excluding hydrogens is 580 g/mol. The summed E-state index contributed by atoms with van der Waals surface area (Å²) >= 11 is 3.64. The third-order valence-corrected chi connectivity index (χ3v) is 9.33. The maximum absolute atomic E-state index is 13.7. The topological polar surface area (TPSA) is 75.7 Å². The van der Waals surface area contributed by atoms with Crippen molar-refractivity contribution in [3.05, 3.63) is 80.1 Å². The molecule has 0 unspecified atom stereocenters. The van der Waals surface area contributed by atoms with Crippen LogP contribution < -0.4 is 10.1 Å².